The summed E-state index contributed by atoms with van der Waals surface area (Å²) < 4.78 is 4.91. The van der Waals surface area contributed by atoms with E-state index in [1.165, 1.54) is 0 Å². The molecule has 0 spiro atoms. The Hall–Kier alpha value is -1.26. The van der Waals surface area contributed by atoms with Crippen LogP contribution < -0.4 is 5.32 Å². The third-order valence-corrected chi connectivity index (χ3v) is 1.96. The molecule has 1 aliphatic carbocycles. The van der Waals surface area contributed by atoms with Gasteiger partial charge in [-0.2, -0.15) is 0 Å². The van der Waals surface area contributed by atoms with Gasteiger partial charge in [-0.3, -0.25) is 4.79 Å². The highest BCUT2D eigenvalue weighted by Gasteiger charge is 2.30. The van der Waals surface area contributed by atoms with Gasteiger partial charge in [-0.25, -0.2) is 4.79 Å². The van der Waals surface area contributed by atoms with E-state index in [1.807, 2.05) is 6.92 Å². The zero-order valence-electron chi connectivity index (χ0n) is 7.45. The van der Waals surface area contributed by atoms with Crippen molar-refractivity contribution in [3.63, 3.8) is 0 Å². The van der Waals surface area contributed by atoms with Crippen LogP contribution in [0.1, 0.15) is 19.8 Å². The lowest BCUT2D eigenvalue weighted by molar-refractivity contribution is -0.135. The number of carboxylic acids is 1. The van der Waals surface area contributed by atoms with Crippen LogP contribution in [0.2, 0.25) is 0 Å². The molecule has 2 N–H and O–H groups in total. The van der Waals surface area contributed by atoms with Gasteiger partial charge in [-0.15, -0.1) is 0 Å². The molecule has 74 valence electrons. The first-order valence-corrected chi connectivity index (χ1v) is 4.26. The molecule has 0 aromatic carbocycles. The zero-order chi connectivity index (χ0) is 9.84. The van der Waals surface area contributed by atoms with E-state index in [1.54, 1.807) is 0 Å². The Morgan fingerprint density at radius 3 is 2.69 bits per heavy atom. The van der Waals surface area contributed by atoms with Gasteiger partial charge >= 0.3 is 12.1 Å². The van der Waals surface area contributed by atoms with Crippen LogP contribution in [0.3, 0.4) is 0 Å². The van der Waals surface area contributed by atoms with Gasteiger partial charge in [0.05, 0.1) is 0 Å². The standard InChI is InChI=1S/C8H13NO4/c1-5(6-2-3-6)13-8(12)9-4-7(10)11/h5-6H,2-4H2,1H3,(H,9,12)(H,10,11). The van der Waals surface area contributed by atoms with E-state index in [0.717, 1.165) is 12.8 Å². The molecule has 0 aromatic rings. The summed E-state index contributed by atoms with van der Waals surface area (Å²) in [5.74, 6) is -0.605. The predicted octanol–water partition coefficient (Wildman–Crippen LogP) is 0.596. The van der Waals surface area contributed by atoms with Crippen molar-refractivity contribution in [3.05, 3.63) is 0 Å². The molecule has 1 amide bonds. The van der Waals surface area contributed by atoms with Gasteiger partial charge < -0.3 is 15.2 Å². The van der Waals surface area contributed by atoms with Gasteiger partial charge in [0.1, 0.15) is 12.6 Å². The smallest absolute Gasteiger partial charge is 0.407 e. The molecule has 0 bridgehead atoms. The van der Waals surface area contributed by atoms with Crippen molar-refractivity contribution >= 4 is 12.1 Å². The van der Waals surface area contributed by atoms with E-state index in [9.17, 15) is 9.59 Å². The maximum absolute atomic E-state index is 10.9. The lowest BCUT2D eigenvalue weighted by Crippen LogP contribution is -2.32. The van der Waals surface area contributed by atoms with Crippen molar-refractivity contribution in [3.8, 4) is 0 Å². The van der Waals surface area contributed by atoms with Crippen molar-refractivity contribution in [2.45, 2.75) is 25.9 Å². The molecule has 0 saturated heterocycles. The second-order valence-electron chi connectivity index (χ2n) is 3.20. The van der Waals surface area contributed by atoms with E-state index in [-0.39, 0.29) is 6.10 Å². The van der Waals surface area contributed by atoms with Crippen LogP contribution in [0.5, 0.6) is 0 Å². The molecule has 1 aliphatic rings. The topological polar surface area (TPSA) is 75.6 Å². The summed E-state index contributed by atoms with van der Waals surface area (Å²) in [5, 5.41) is 10.4. The number of amides is 1. The SMILES string of the molecule is CC(OC(=O)NCC(=O)O)C1CC1. The minimum absolute atomic E-state index is 0.103. The van der Waals surface area contributed by atoms with E-state index in [0.29, 0.717) is 5.92 Å². The summed E-state index contributed by atoms with van der Waals surface area (Å²) in [5.41, 5.74) is 0. The number of hydrogen-bond donors (Lipinski definition) is 2. The second kappa shape index (κ2) is 4.11. The number of hydrogen-bond acceptors (Lipinski definition) is 3. The van der Waals surface area contributed by atoms with E-state index >= 15 is 0 Å². The third kappa shape index (κ3) is 3.78. The van der Waals surface area contributed by atoms with Gasteiger partial charge in [0, 0.05) is 0 Å². The Labute approximate surface area is 76.1 Å². The lowest BCUT2D eigenvalue weighted by Gasteiger charge is -2.11. The Morgan fingerprint density at radius 2 is 2.23 bits per heavy atom. The van der Waals surface area contributed by atoms with Gasteiger partial charge in [-0.05, 0) is 25.7 Å². The number of carboxylic acid groups (broad SMARTS) is 1. The maximum Gasteiger partial charge on any atom is 0.407 e. The predicted molar refractivity (Wildman–Crippen MR) is 44.3 cm³/mol. The van der Waals surface area contributed by atoms with E-state index in [4.69, 9.17) is 9.84 Å². The first kappa shape index (κ1) is 9.83. The Bertz CT molecular complexity index is 212. The minimum atomic E-state index is -1.07. The summed E-state index contributed by atoms with van der Waals surface area (Å²) >= 11 is 0. The summed E-state index contributed by atoms with van der Waals surface area (Å²) in [6.07, 6.45) is 1.43. The fourth-order valence-corrected chi connectivity index (χ4v) is 1.02. The van der Waals surface area contributed by atoms with Crippen LogP contribution >= 0.6 is 0 Å². The van der Waals surface area contributed by atoms with Crippen molar-refractivity contribution < 1.29 is 19.4 Å². The summed E-state index contributed by atoms with van der Waals surface area (Å²) in [6, 6.07) is 0. The molecule has 1 atom stereocenters. The molecule has 1 unspecified atom stereocenters. The minimum Gasteiger partial charge on any atom is -0.480 e. The van der Waals surface area contributed by atoms with E-state index in [2.05, 4.69) is 5.32 Å². The largest absolute Gasteiger partial charge is 0.480 e. The molecule has 0 aliphatic heterocycles. The number of rotatable bonds is 4. The Morgan fingerprint density at radius 1 is 1.62 bits per heavy atom. The number of alkyl carbamates (subject to hydrolysis) is 1. The van der Waals surface area contributed by atoms with Crippen LogP contribution in [-0.2, 0) is 9.53 Å². The first-order valence-electron chi connectivity index (χ1n) is 4.26. The molecular weight excluding hydrogens is 174 g/mol. The maximum atomic E-state index is 10.9. The molecule has 0 aromatic heterocycles. The second-order valence-corrected chi connectivity index (χ2v) is 3.20. The third-order valence-electron chi connectivity index (χ3n) is 1.96. The highest BCUT2D eigenvalue weighted by molar-refractivity contribution is 5.76. The van der Waals surface area contributed by atoms with Gasteiger partial charge in [0.25, 0.3) is 0 Å². The first-order chi connectivity index (χ1) is 6.09. The summed E-state index contributed by atoms with van der Waals surface area (Å²) in [7, 11) is 0. The highest BCUT2D eigenvalue weighted by atomic mass is 16.6. The number of nitrogens with one attached hydrogen (secondary N) is 1. The number of carbonyl (C=O) groups is 2. The molecule has 1 rings (SSSR count). The number of ether oxygens (including phenoxy) is 1. The zero-order valence-corrected chi connectivity index (χ0v) is 7.45. The van der Waals surface area contributed by atoms with Crippen LogP contribution in [0.15, 0.2) is 0 Å². The number of carbonyl (C=O) groups excluding carboxylic acids is 1. The van der Waals surface area contributed by atoms with Gasteiger partial charge in [0.2, 0.25) is 0 Å². The van der Waals surface area contributed by atoms with E-state index < -0.39 is 18.6 Å². The van der Waals surface area contributed by atoms with Crippen LogP contribution in [-0.4, -0.2) is 29.8 Å². The van der Waals surface area contributed by atoms with Crippen molar-refractivity contribution in [1.82, 2.24) is 5.32 Å². The van der Waals surface area contributed by atoms with Crippen molar-refractivity contribution in [2.24, 2.45) is 5.92 Å². The fraction of sp³-hybridized carbons (Fsp3) is 0.750. The molecule has 5 nitrogen and oxygen atoms in total. The summed E-state index contributed by atoms with van der Waals surface area (Å²) in [6.45, 7) is 1.42. The molecule has 1 fully saturated rings. The fourth-order valence-electron chi connectivity index (χ4n) is 1.02. The molecule has 13 heavy (non-hydrogen) atoms. The molecule has 0 heterocycles. The van der Waals surface area contributed by atoms with Crippen molar-refractivity contribution in [2.75, 3.05) is 6.54 Å². The normalized spacial score (nSPS) is 17.6. The van der Waals surface area contributed by atoms with Crippen LogP contribution in [0.4, 0.5) is 4.79 Å². The monoisotopic (exact) mass is 187 g/mol. The molecule has 5 heteroatoms. The Balaban J connectivity index is 2.12. The van der Waals surface area contributed by atoms with Gasteiger partial charge in [0.15, 0.2) is 0 Å². The number of aliphatic carboxylic acids is 1. The summed E-state index contributed by atoms with van der Waals surface area (Å²) in [4.78, 5) is 21.0. The van der Waals surface area contributed by atoms with Gasteiger partial charge in [-0.1, -0.05) is 0 Å². The average Bonchev–Trinajstić information content (AvgIpc) is 2.82. The lowest BCUT2D eigenvalue weighted by atomic mass is 10.3. The average molecular weight is 187 g/mol. The van der Waals surface area contributed by atoms with Crippen LogP contribution in [0, 0.1) is 5.92 Å². The quantitative estimate of drug-likeness (QED) is 0.675. The highest BCUT2D eigenvalue weighted by Crippen LogP contribution is 2.33. The van der Waals surface area contributed by atoms with Crippen molar-refractivity contribution in [1.29, 1.82) is 0 Å². The molecule has 1 saturated carbocycles. The molecule has 0 radical (unpaired) electrons. The molecular formula is C8H13NO4. The Kier molecular flexibility index (Phi) is 3.11. The van der Waals surface area contributed by atoms with Crippen LogP contribution in [0.25, 0.3) is 0 Å².